The minimum atomic E-state index is -4.28. The fraction of sp³-hybridized carbons (Fsp3) is 0.333. The van der Waals surface area contributed by atoms with Crippen LogP contribution in [0.25, 0.3) is 0 Å². The Morgan fingerprint density at radius 3 is 2.17 bits per heavy atom. The van der Waals surface area contributed by atoms with Crippen molar-refractivity contribution >= 4 is 24.0 Å². The summed E-state index contributed by atoms with van der Waals surface area (Å²) in [6.45, 7) is 0.365. The molecule has 0 bridgehead atoms. The first kappa shape index (κ1) is 17.3. The first-order valence-electron chi connectivity index (χ1n) is 5.11. The summed E-state index contributed by atoms with van der Waals surface area (Å²) in [6.07, 6.45) is -2.99. The highest BCUT2D eigenvalue weighted by atomic mass is 35.5. The standard InChI is InChI=1S/C12H13ClF3N.ClH/c13-7-10(8-17)2-1-9-3-5-11(6-4-9)12(14,15)16;/h3-7H,1-2,8,17H2;1H/b10-7+;. The molecule has 1 aromatic carbocycles. The molecule has 1 nitrogen and oxygen atoms in total. The summed E-state index contributed by atoms with van der Waals surface area (Å²) in [4.78, 5) is 0. The number of rotatable bonds is 4. The molecule has 0 saturated heterocycles. The van der Waals surface area contributed by atoms with Gasteiger partial charge in [-0.2, -0.15) is 13.2 Å². The summed E-state index contributed by atoms with van der Waals surface area (Å²) >= 11 is 5.53. The van der Waals surface area contributed by atoms with Crippen molar-refractivity contribution in [2.45, 2.75) is 19.0 Å². The van der Waals surface area contributed by atoms with Gasteiger partial charge in [-0.25, -0.2) is 0 Å². The van der Waals surface area contributed by atoms with Crippen molar-refractivity contribution in [2.24, 2.45) is 5.73 Å². The zero-order valence-electron chi connectivity index (χ0n) is 9.51. The molecule has 2 N–H and O–H groups in total. The van der Waals surface area contributed by atoms with Crippen molar-refractivity contribution in [3.8, 4) is 0 Å². The lowest BCUT2D eigenvalue weighted by Gasteiger charge is -2.08. The first-order valence-corrected chi connectivity index (χ1v) is 5.55. The van der Waals surface area contributed by atoms with Crippen molar-refractivity contribution in [1.29, 1.82) is 0 Å². The van der Waals surface area contributed by atoms with Gasteiger partial charge in [0.15, 0.2) is 0 Å². The largest absolute Gasteiger partial charge is 0.416 e. The van der Waals surface area contributed by atoms with Crippen LogP contribution in [0.3, 0.4) is 0 Å². The highest BCUT2D eigenvalue weighted by molar-refractivity contribution is 6.25. The second-order valence-electron chi connectivity index (χ2n) is 3.67. The second-order valence-corrected chi connectivity index (χ2v) is 3.88. The van der Waals surface area contributed by atoms with Gasteiger partial charge in [0.25, 0.3) is 0 Å². The third-order valence-corrected chi connectivity index (χ3v) is 2.74. The van der Waals surface area contributed by atoms with Crippen LogP contribution in [0.5, 0.6) is 0 Å². The highest BCUT2D eigenvalue weighted by Gasteiger charge is 2.29. The molecule has 18 heavy (non-hydrogen) atoms. The Labute approximate surface area is 115 Å². The summed E-state index contributed by atoms with van der Waals surface area (Å²) in [5.74, 6) is 0. The molecule has 1 rings (SSSR count). The third kappa shape index (κ3) is 5.29. The predicted molar refractivity (Wildman–Crippen MR) is 70.0 cm³/mol. The van der Waals surface area contributed by atoms with E-state index < -0.39 is 11.7 Å². The maximum atomic E-state index is 12.3. The van der Waals surface area contributed by atoms with Gasteiger partial charge in [-0.1, -0.05) is 23.7 Å². The Morgan fingerprint density at radius 2 is 1.78 bits per heavy atom. The Hall–Kier alpha value is -0.710. The van der Waals surface area contributed by atoms with Crippen LogP contribution in [-0.4, -0.2) is 6.54 Å². The van der Waals surface area contributed by atoms with Gasteiger partial charge in [0.05, 0.1) is 5.56 Å². The molecule has 0 amide bonds. The SMILES string of the molecule is Cl.NC/C(=C/Cl)CCc1ccc(C(F)(F)F)cc1. The molecule has 0 radical (unpaired) electrons. The van der Waals surface area contributed by atoms with Crippen LogP contribution < -0.4 is 5.73 Å². The van der Waals surface area contributed by atoms with Crippen LogP contribution in [0, 0.1) is 0 Å². The van der Waals surface area contributed by atoms with Crippen LogP contribution in [-0.2, 0) is 12.6 Å². The number of alkyl halides is 3. The molecule has 0 aliphatic rings. The average Bonchev–Trinajstić information content (AvgIpc) is 2.30. The van der Waals surface area contributed by atoms with Gasteiger partial charge >= 0.3 is 6.18 Å². The average molecular weight is 300 g/mol. The smallest absolute Gasteiger partial charge is 0.327 e. The quantitative estimate of drug-likeness (QED) is 0.888. The van der Waals surface area contributed by atoms with E-state index in [2.05, 4.69) is 0 Å². The van der Waals surface area contributed by atoms with Crippen LogP contribution in [0.15, 0.2) is 35.4 Å². The molecule has 0 spiro atoms. The van der Waals surface area contributed by atoms with Crippen LogP contribution in [0.2, 0.25) is 0 Å². The van der Waals surface area contributed by atoms with Crippen LogP contribution in [0.1, 0.15) is 17.5 Å². The Bertz CT molecular complexity index is 385. The molecular formula is C12H14Cl2F3N. The topological polar surface area (TPSA) is 26.0 Å². The molecule has 0 unspecified atom stereocenters. The van der Waals surface area contributed by atoms with E-state index in [4.69, 9.17) is 17.3 Å². The van der Waals surface area contributed by atoms with E-state index in [1.165, 1.54) is 17.7 Å². The van der Waals surface area contributed by atoms with Gasteiger partial charge in [-0.05, 0) is 36.1 Å². The van der Waals surface area contributed by atoms with Crippen molar-refractivity contribution in [1.82, 2.24) is 0 Å². The Kier molecular flexibility index (Phi) is 7.36. The minimum Gasteiger partial charge on any atom is -0.327 e. The van der Waals surface area contributed by atoms with E-state index in [1.807, 2.05) is 0 Å². The molecule has 1 aromatic rings. The first-order chi connectivity index (χ1) is 7.97. The number of aryl methyl sites for hydroxylation is 1. The number of halogens is 5. The maximum Gasteiger partial charge on any atom is 0.416 e. The maximum absolute atomic E-state index is 12.3. The van der Waals surface area contributed by atoms with Gasteiger partial charge in [0.1, 0.15) is 0 Å². The number of nitrogens with two attached hydrogens (primary N) is 1. The molecular weight excluding hydrogens is 286 g/mol. The van der Waals surface area contributed by atoms with E-state index in [9.17, 15) is 13.2 Å². The zero-order chi connectivity index (χ0) is 12.9. The van der Waals surface area contributed by atoms with Crippen LogP contribution in [0.4, 0.5) is 13.2 Å². The summed E-state index contributed by atoms with van der Waals surface area (Å²) in [7, 11) is 0. The zero-order valence-corrected chi connectivity index (χ0v) is 11.1. The molecule has 6 heteroatoms. The van der Waals surface area contributed by atoms with Gasteiger partial charge in [0, 0.05) is 12.1 Å². The number of hydrogen-bond acceptors (Lipinski definition) is 1. The van der Waals surface area contributed by atoms with Gasteiger partial charge in [-0.3, -0.25) is 0 Å². The molecule has 102 valence electrons. The van der Waals surface area contributed by atoms with Crippen LogP contribution >= 0.6 is 24.0 Å². The van der Waals surface area contributed by atoms with Gasteiger partial charge in [0.2, 0.25) is 0 Å². The van der Waals surface area contributed by atoms with E-state index in [1.54, 1.807) is 0 Å². The lowest BCUT2D eigenvalue weighted by atomic mass is 10.0. The molecule has 0 fully saturated rings. The molecule has 0 saturated carbocycles. The van der Waals surface area contributed by atoms with Crippen molar-refractivity contribution in [2.75, 3.05) is 6.54 Å². The van der Waals surface area contributed by atoms with E-state index in [0.717, 1.165) is 23.3 Å². The summed E-state index contributed by atoms with van der Waals surface area (Å²) < 4.78 is 36.9. The fourth-order valence-corrected chi connectivity index (χ4v) is 1.56. The van der Waals surface area contributed by atoms with Gasteiger partial charge < -0.3 is 5.73 Å². The van der Waals surface area contributed by atoms with Crippen molar-refractivity contribution < 1.29 is 13.2 Å². The van der Waals surface area contributed by atoms with E-state index in [-0.39, 0.29) is 12.4 Å². The van der Waals surface area contributed by atoms with E-state index >= 15 is 0 Å². The Balaban J connectivity index is 0.00000289. The molecule has 0 aliphatic heterocycles. The number of hydrogen-bond donors (Lipinski definition) is 1. The lowest BCUT2D eigenvalue weighted by molar-refractivity contribution is -0.137. The number of benzene rings is 1. The van der Waals surface area contributed by atoms with Gasteiger partial charge in [-0.15, -0.1) is 12.4 Å². The Morgan fingerprint density at radius 1 is 1.22 bits per heavy atom. The van der Waals surface area contributed by atoms with Crippen molar-refractivity contribution in [3.05, 3.63) is 46.5 Å². The normalized spacial score (nSPS) is 12.2. The van der Waals surface area contributed by atoms with E-state index in [0.29, 0.717) is 19.4 Å². The molecule has 0 heterocycles. The molecule has 0 atom stereocenters. The fourth-order valence-electron chi connectivity index (χ4n) is 1.37. The lowest BCUT2D eigenvalue weighted by Crippen LogP contribution is -2.05. The monoisotopic (exact) mass is 299 g/mol. The summed E-state index contributed by atoms with van der Waals surface area (Å²) in [5.41, 5.74) is 7.93. The predicted octanol–water partition coefficient (Wildman–Crippen LogP) is 4.14. The summed E-state index contributed by atoms with van der Waals surface area (Å²) in [6, 6.07) is 5.13. The second kappa shape index (κ2) is 7.67. The third-order valence-electron chi connectivity index (χ3n) is 2.43. The minimum absolute atomic E-state index is 0. The van der Waals surface area contributed by atoms with Crippen molar-refractivity contribution in [3.63, 3.8) is 0 Å². The molecule has 0 aromatic heterocycles. The highest BCUT2D eigenvalue weighted by Crippen LogP contribution is 2.29. The summed E-state index contributed by atoms with van der Waals surface area (Å²) in [5, 5.41) is 0. The molecule has 0 aliphatic carbocycles.